The normalized spacial score (nSPS) is 12.6. The highest BCUT2D eigenvalue weighted by molar-refractivity contribution is 7.19. The molecular weight excluding hydrogens is 350 g/mol. The molecule has 2 N–H and O–H groups in total. The Morgan fingerprint density at radius 1 is 1.12 bits per heavy atom. The van der Waals surface area contributed by atoms with Crippen molar-refractivity contribution >= 4 is 39.0 Å². The average Bonchev–Trinajstić information content (AvgIpc) is 3.28. The van der Waals surface area contributed by atoms with E-state index in [0.29, 0.717) is 16.6 Å². The number of benzene rings is 2. The number of para-hydroxylation sites is 3. The van der Waals surface area contributed by atoms with E-state index < -0.39 is 0 Å². The van der Waals surface area contributed by atoms with Crippen LogP contribution in [0.1, 0.15) is 5.56 Å². The Bertz CT molecular complexity index is 943. The molecule has 4 rings (SSSR count). The van der Waals surface area contributed by atoms with Gasteiger partial charge >= 0.3 is 6.03 Å². The molecule has 0 bridgehead atoms. The predicted octanol–water partition coefficient (Wildman–Crippen LogP) is 3.88. The van der Waals surface area contributed by atoms with E-state index in [4.69, 9.17) is 4.74 Å². The fourth-order valence-electron chi connectivity index (χ4n) is 2.91. The number of fused-ring (bicyclic) bond motifs is 1. The molecule has 0 radical (unpaired) electrons. The monoisotopic (exact) mass is 367 g/mol. The molecular formula is C18H17N5O2S. The number of rotatable bonds is 4. The molecule has 3 aromatic rings. The van der Waals surface area contributed by atoms with Crippen LogP contribution in [0.2, 0.25) is 0 Å². The van der Waals surface area contributed by atoms with Gasteiger partial charge in [-0.2, -0.15) is 0 Å². The summed E-state index contributed by atoms with van der Waals surface area (Å²) in [6.07, 6.45) is 0.979. The van der Waals surface area contributed by atoms with Crippen molar-refractivity contribution in [3.8, 4) is 5.75 Å². The summed E-state index contributed by atoms with van der Waals surface area (Å²) in [5.41, 5.74) is 3.03. The van der Waals surface area contributed by atoms with Crippen molar-refractivity contribution in [1.29, 1.82) is 0 Å². The summed E-state index contributed by atoms with van der Waals surface area (Å²) in [5.74, 6) is 0.592. The molecule has 8 heteroatoms. The first kappa shape index (κ1) is 16.3. The van der Waals surface area contributed by atoms with Crippen LogP contribution in [0.5, 0.6) is 5.75 Å². The van der Waals surface area contributed by atoms with Gasteiger partial charge in [0.1, 0.15) is 5.75 Å². The van der Waals surface area contributed by atoms with Gasteiger partial charge in [0, 0.05) is 12.2 Å². The zero-order valence-electron chi connectivity index (χ0n) is 14.1. The van der Waals surface area contributed by atoms with Crippen LogP contribution in [-0.2, 0) is 6.42 Å². The second-order valence-corrected chi connectivity index (χ2v) is 6.66. The predicted molar refractivity (Wildman–Crippen MR) is 103 cm³/mol. The molecule has 0 fully saturated rings. The zero-order valence-corrected chi connectivity index (χ0v) is 14.9. The average molecular weight is 367 g/mol. The maximum Gasteiger partial charge on any atom is 0.325 e. The lowest BCUT2D eigenvalue weighted by molar-refractivity contribution is 0.262. The summed E-state index contributed by atoms with van der Waals surface area (Å²) >= 11 is 1.34. The van der Waals surface area contributed by atoms with E-state index in [0.717, 1.165) is 23.8 Å². The first-order chi connectivity index (χ1) is 12.7. The Kier molecular flexibility index (Phi) is 4.40. The van der Waals surface area contributed by atoms with E-state index in [-0.39, 0.29) is 6.03 Å². The molecule has 0 saturated carbocycles. The Morgan fingerprint density at radius 2 is 1.92 bits per heavy atom. The smallest absolute Gasteiger partial charge is 0.325 e. The molecule has 1 aliphatic heterocycles. The molecule has 132 valence electrons. The number of hydrogen-bond acceptors (Lipinski definition) is 6. The fraction of sp³-hybridized carbons (Fsp3) is 0.167. The van der Waals surface area contributed by atoms with Crippen molar-refractivity contribution in [1.82, 2.24) is 10.2 Å². The summed E-state index contributed by atoms with van der Waals surface area (Å²) in [7, 11) is 1.56. The van der Waals surface area contributed by atoms with E-state index in [1.165, 1.54) is 16.9 Å². The van der Waals surface area contributed by atoms with Gasteiger partial charge in [0.05, 0.1) is 12.8 Å². The van der Waals surface area contributed by atoms with Crippen LogP contribution in [0.15, 0.2) is 48.5 Å². The number of urea groups is 1. The van der Waals surface area contributed by atoms with E-state index in [1.807, 2.05) is 24.3 Å². The highest BCUT2D eigenvalue weighted by Gasteiger charge is 2.23. The summed E-state index contributed by atoms with van der Waals surface area (Å²) in [6, 6.07) is 15.1. The Labute approximate surface area is 154 Å². The number of amides is 2. The molecule has 2 aromatic carbocycles. The van der Waals surface area contributed by atoms with E-state index in [2.05, 4.69) is 37.9 Å². The summed E-state index contributed by atoms with van der Waals surface area (Å²) in [5, 5.41) is 15.0. The highest BCUT2D eigenvalue weighted by Crippen LogP contribution is 2.36. The molecule has 0 saturated heterocycles. The van der Waals surface area contributed by atoms with Gasteiger partial charge in [0.25, 0.3) is 0 Å². The highest BCUT2D eigenvalue weighted by atomic mass is 32.1. The molecule has 1 aliphatic rings. The SMILES string of the molecule is COc1ccccc1NC(=O)Nc1nnc(N2CCc3ccccc32)s1. The van der Waals surface area contributed by atoms with Gasteiger partial charge in [-0.3, -0.25) is 5.32 Å². The Morgan fingerprint density at radius 3 is 2.81 bits per heavy atom. The van der Waals surface area contributed by atoms with Gasteiger partial charge in [-0.25, -0.2) is 4.79 Å². The fourth-order valence-corrected chi connectivity index (χ4v) is 3.69. The van der Waals surface area contributed by atoms with Crippen LogP contribution in [0.25, 0.3) is 0 Å². The first-order valence-electron chi connectivity index (χ1n) is 8.14. The van der Waals surface area contributed by atoms with Crippen LogP contribution in [-0.4, -0.2) is 29.9 Å². The van der Waals surface area contributed by atoms with Crippen LogP contribution in [0.4, 0.5) is 26.4 Å². The van der Waals surface area contributed by atoms with Crippen LogP contribution in [0.3, 0.4) is 0 Å². The molecule has 0 spiro atoms. The summed E-state index contributed by atoms with van der Waals surface area (Å²) in [4.78, 5) is 14.3. The number of ether oxygens (including phenoxy) is 1. The maximum atomic E-state index is 12.2. The van der Waals surface area contributed by atoms with Gasteiger partial charge in [-0.05, 0) is 30.2 Å². The van der Waals surface area contributed by atoms with Crippen molar-refractivity contribution in [2.45, 2.75) is 6.42 Å². The lowest BCUT2D eigenvalue weighted by Crippen LogP contribution is -2.19. The quantitative estimate of drug-likeness (QED) is 0.731. The Balaban J connectivity index is 1.45. The third-order valence-corrected chi connectivity index (χ3v) is 4.97. The van der Waals surface area contributed by atoms with Crippen molar-refractivity contribution in [3.63, 3.8) is 0 Å². The molecule has 0 unspecified atom stereocenters. The van der Waals surface area contributed by atoms with Crippen molar-refractivity contribution in [2.75, 3.05) is 29.2 Å². The summed E-state index contributed by atoms with van der Waals surface area (Å²) < 4.78 is 5.23. The second-order valence-electron chi connectivity index (χ2n) is 5.70. The number of nitrogens with one attached hydrogen (secondary N) is 2. The van der Waals surface area contributed by atoms with Crippen molar-refractivity contribution in [2.24, 2.45) is 0 Å². The second kappa shape index (κ2) is 7.01. The lowest BCUT2D eigenvalue weighted by atomic mass is 10.2. The minimum Gasteiger partial charge on any atom is -0.495 e. The minimum atomic E-state index is -0.390. The Hall–Kier alpha value is -3.13. The largest absolute Gasteiger partial charge is 0.495 e. The van der Waals surface area contributed by atoms with Gasteiger partial charge in [0.2, 0.25) is 10.3 Å². The van der Waals surface area contributed by atoms with E-state index >= 15 is 0 Å². The van der Waals surface area contributed by atoms with Crippen LogP contribution < -0.4 is 20.3 Å². The molecule has 1 aromatic heterocycles. The number of hydrogen-bond donors (Lipinski definition) is 2. The van der Waals surface area contributed by atoms with Crippen LogP contribution in [0, 0.1) is 0 Å². The molecule has 26 heavy (non-hydrogen) atoms. The maximum absolute atomic E-state index is 12.2. The number of nitrogens with zero attached hydrogens (tertiary/aromatic N) is 3. The first-order valence-corrected chi connectivity index (χ1v) is 8.96. The number of carbonyl (C=O) groups is 1. The molecule has 7 nitrogen and oxygen atoms in total. The standard InChI is InChI=1S/C18H17N5O2S/c1-25-15-9-5-3-7-13(15)19-16(24)20-17-21-22-18(26-17)23-11-10-12-6-2-4-8-14(12)23/h2-9H,10-11H2,1H3,(H2,19,20,21,24). The van der Waals surface area contributed by atoms with Crippen molar-refractivity contribution < 1.29 is 9.53 Å². The van der Waals surface area contributed by atoms with Gasteiger partial charge in [-0.1, -0.05) is 41.7 Å². The van der Waals surface area contributed by atoms with Gasteiger partial charge in [0.15, 0.2) is 0 Å². The summed E-state index contributed by atoms with van der Waals surface area (Å²) in [6.45, 7) is 0.862. The third kappa shape index (κ3) is 3.18. The molecule has 2 amide bonds. The molecule has 0 aliphatic carbocycles. The third-order valence-electron chi connectivity index (χ3n) is 4.11. The van der Waals surface area contributed by atoms with E-state index in [9.17, 15) is 4.79 Å². The van der Waals surface area contributed by atoms with Gasteiger partial charge < -0.3 is 15.0 Å². The van der Waals surface area contributed by atoms with Crippen molar-refractivity contribution in [3.05, 3.63) is 54.1 Å². The minimum absolute atomic E-state index is 0.390. The number of anilines is 4. The topological polar surface area (TPSA) is 79.4 Å². The zero-order chi connectivity index (χ0) is 17.9. The number of methoxy groups -OCH3 is 1. The lowest BCUT2D eigenvalue weighted by Gasteiger charge is -2.14. The van der Waals surface area contributed by atoms with Crippen LogP contribution >= 0.6 is 11.3 Å². The number of carbonyl (C=O) groups excluding carboxylic acids is 1. The van der Waals surface area contributed by atoms with Gasteiger partial charge in [-0.15, -0.1) is 10.2 Å². The van der Waals surface area contributed by atoms with E-state index in [1.54, 1.807) is 19.2 Å². The number of aromatic nitrogens is 2. The molecule has 2 heterocycles. The molecule has 0 atom stereocenters.